The van der Waals surface area contributed by atoms with E-state index >= 15 is 0 Å². The fraction of sp³-hybridized carbons (Fsp3) is 0.714. The second-order valence-corrected chi connectivity index (χ2v) is 5.95. The number of likely N-dealkylation sites (tertiary alicyclic amines) is 1. The van der Waals surface area contributed by atoms with Gasteiger partial charge in [0.25, 0.3) is 5.91 Å². The summed E-state index contributed by atoms with van der Waals surface area (Å²) in [6, 6.07) is 2.55. The van der Waals surface area contributed by atoms with Gasteiger partial charge in [-0.3, -0.25) is 14.8 Å². The van der Waals surface area contributed by atoms with Gasteiger partial charge in [-0.2, -0.15) is 5.10 Å². The summed E-state index contributed by atoms with van der Waals surface area (Å²) >= 11 is 0. The summed E-state index contributed by atoms with van der Waals surface area (Å²) in [6.45, 7) is 2.15. The van der Waals surface area contributed by atoms with Gasteiger partial charge in [-0.1, -0.05) is 12.8 Å². The molecule has 1 aliphatic heterocycles. The fourth-order valence-electron chi connectivity index (χ4n) is 3.44. The number of hydrogen-bond donors (Lipinski definition) is 3. The highest BCUT2D eigenvalue weighted by Crippen LogP contribution is 2.26. The van der Waals surface area contributed by atoms with E-state index in [-0.39, 0.29) is 11.9 Å². The summed E-state index contributed by atoms with van der Waals surface area (Å²) in [5, 5.41) is 9.55. The first kappa shape index (κ1) is 13.4. The molecule has 20 heavy (non-hydrogen) atoms. The number of anilines is 1. The Balaban J connectivity index is 1.55. The van der Waals surface area contributed by atoms with Crippen molar-refractivity contribution in [2.24, 2.45) is 0 Å². The Morgan fingerprint density at radius 3 is 2.85 bits per heavy atom. The number of piperidine rings is 1. The smallest absolute Gasteiger partial charge is 0.269 e. The van der Waals surface area contributed by atoms with E-state index in [1.54, 1.807) is 6.07 Å². The van der Waals surface area contributed by atoms with Crippen molar-refractivity contribution < 1.29 is 4.79 Å². The number of nitrogens with zero attached hydrogens (tertiary/aromatic N) is 2. The molecule has 3 rings (SSSR count). The third-order valence-corrected chi connectivity index (χ3v) is 4.47. The quantitative estimate of drug-likeness (QED) is 0.773. The van der Waals surface area contributed by atoms with Crippen LogP contribution in [0.5, 0.6) is 0 Å². The highest BCUT2D eigenvalue weighted by molar-refractivity contribution is 5.93. The number of nitrogens with two attached hydrogens (primary N) is 1. The standard InChI is InChI=1S/C14H23N5O/c15-13-8-12(17-18-13)14(20)16-10-4-3-7-19(9-10)11-5-1-2-6-11/h8,10-11H,1-7,9H2,(H,16,20)(H3,15,17,18)/t10-/m1/s1. The van der Waals surface area contributed by atoms with E-state index in [9.17, 15) is 4.79 Å². The van der Waals surface area contributed by atoms with E-state index in [1.807, 2.05) is 0 Å². The highest BCUT2D eigenvalue weighted by atomic mass is 16.2. The average molecular weight is 277 g/mol. The van der Waals surface area contributed by atoms with Crippen LogP contribution in [0.15, 0.2) is 6.07 Å². The van der Waals surface area contributed by atoms with Crippen molar-refractivity contribution in [3.8, 4) is 0 Å². The molecule has 1 saturated heterocycles. The van der Waals surface area contributed by atoms with Gasteiger partial charge in [-0.25, -0.2) is 0 Å². The molecule has 1 aromatic heterocycles. The molecular weight excluding hydrogens is 254 g/mol. The average Bonchev–Trinajstić information content (AvgIpc) is 3.10. The number of nitrogen functional groups attached to an aromatic ring is 1. The third kappa shape index (κ3) is 2.95. The van der Waals surface area contributed by atoms with Crippen LogP contribution in [-0.4, -0.2) is 46.2 Å². The van der Waals surface area contributed by atoms with Crippen LogP contribution in [-0.2, 0) is 0 Å². The fourth-order valence-corrected chi connectivity index (χ4v) is 3.44. The predicted octanol–water partition coefficient (Wildman–Crippen LogP) is 1.13. The van der Waals surface area contributed by atoms with Crippen LogP contribution >= 0.6 is 0 Å². The van der Waals surface area contributed by atoms with Gasteiger partial charge in [0.1, 0.15) is 11.5 Å². The van der Waals surface area contributed by atoms with Crippen molar-refractivity contribution in [1.82, 2.24) is 20.4 Å². The highest BCUT2D eigenvalue weighted by Gasteiger charge is 2.28. The summed E-state index contributed by atoms with van der Waals surface area (Å²) in [5.74, 6) is 0.249. The molecule has 0 radical (unpaired) electrons. The first-order valence-corrected chi connectivity index (χ1v) is 7.58. The van der Waals surface area contributed by atoms with Crippen LogP contribution < -0.4 is 11.1 Å². The van der Waals surface area contributed by atoms with Gasteiger partial charge in [0.15, 0.2) is 0 Å². The van der Waals surface area contributed by atoms with Crippen LogP contribution in [0, 0.1) is 0 Å². The zero-order chi connectivity index (χ0) is 13.9. The Hall–Kier alpha value is -1.56. The summed E-state index contributed by atoms with van der Waals surface area (Å²) in [4.78, 5) is 14.7. The molecule has 1 atom stereocenters. The van der Waals surface area contributed by atoms with Crippen LogP contribution in [0.25, 0.3) is 0 Å². The van der Waals surface area contributed by atoms with E-state index in [4.69, 9.17) is 5.73 Å². The minimum absolute atomic E-state index is 0.104. The minimum Gasteiger partial charge on any atom is -0.382 e. The lowest BCUT2D eigenvalue weighted by atomic mass is 10.0. The van der Waals surface area contributed by atoms with Crippen molar-refractivity contribution in [3.63, 3.8) is 0 Å². The van der Waals surface area contributed by atoms with Gasteiger partial charge >= 0.3 is 0 Å². The van der Waals surface area contributed by atoms with Crippen molar-refractivity contribution in [1.29, 1.82) is 0 Å². The molecule has 0 bridgehead atoms. The maximum atomic E-state index is 12.1. The van der Waals surface area contributed by atoms with Gasteiger partial charge in [-0.05, 0) is 32.2 Å². The maximum absolute atomic E-state index is 12.1. The number of H-pyrrole nitrogens is 1. The second kappa shape index (κ2) is 5.83. The Bertz CT molecular complexity index is 466. The Morgan fingerprint density at radius 1 is 1.35 bits per heavy atom. The number of aromatic nitrogens is 2. The van der Waals surface area contributed by atoms with Crippen molar-refractivity contribution in [2.45, 2.75) is 50.6 Å². The Labute approximate surface area is 119 Å². The normalized spacial score (nSPS) is 24.9. The van der Waals surface area contributed by atoms with Gasteiger partial charge in [0.2, 0.25) is 0 Å². The van der Waals surface area contributed by atoms with Crippen molar-refractivity contribution >= 4 is 11.7 Å². The lowest BCUT2D eigenvalue weighted by Gasteiger charge is -2.37. The number of rotatable bonds is 3. The van der Waals surface area contributed by atoms with Crippen LogP contribution in [0.4, 0.5) is 5.82 Å². The van der Waals surface area contributed by atoms with Crippen LogP contribution in [0.2, 0.25) is 0 Å². The molecule has 6 heteroatoms. The molecule has 2 aliphatic rings. The largest absolute Gasteiger partial charge is 0.382 e. The first-order valence-electron chi connectivity index (χ1n) is 7.58. The summed E-state index contributed by atoms with van der Waals surface area (Å²) < 4.78 is 0. The topological polar surface area (TPSA) is 87.0 Å². The zero-order valence-corrected chi connectivity index (χ0v) is 11.8. The molecule has 0 aromatic carbocycles. The zero-order valence-electron chi connectivity index (χ0n) is 11.8. The number of amides is 1. The first-order chi connectivity index (χ1) is 9.72. The summed E-state index contributed by atoms with van der Waals surface area (Å²) in [5.41, 5.74) is 5.97. The maximum Gasteiger partial charge on any atom is 0.269 e. The molecule has 0 spiro atoms. The molecule has 110 valence electrons. The van der Waals surface area contributed by atoms with Crippen molar-refractivity contribution in [2.75, 3.05) is 18.8 Å². The van der Waals surface area contributed by atoms with E-state index < -0.39 is 0 Å². The molecule has 2 heterocycles. The monoisotopic (exact) mass is 277 g/mol. The van der Waals surface area contributed by atoms with Crippen molar-refractivity contribution in [3.05, 3.63) is 11.8 Å². The number of carbonyl (C=O) groups is 1. The number of nitrogens with one attached hydrogen (secondary N) is 2. The van der Waals surface area contributed by atoms with E-state index in [2.05, 4.69) is 20.4 Å². The molecule has 6 nitrogen and oxygen atoms in total. The molecule has 1 aliphatic carbocycles. The number of aromatic amines is 1. The number of hydrogen-bond acceptors (Lipinski definition) is 4. The predicted molar refractivity (Wildman–Crippen MR) is 77.3 cm³/mol. The third-order valence-electron chi connectivity index (χ3n) is 4.47. The second-order valence-electron chi connectivity index (χ2n) is 5.95. The molecule has 1 saturated carbocycles. The SMILES string of the molecule is Nc1cc(C(=O)N[C@@H]2CCCN(C3CCCC3)C2)[nH]n1. The van der Waals surface area contributed by atoms with E-state index in [1.165, 1.54) is 32.2 Å². The van der Waals surface area contributed by atoms with Crippen LogP contribution in [0.3, 0.4) is 0 Å². The molecule has 1 amide bonds. The lowest BCUT2D eigenvalue weighted by molar-refractivity contribution is 0.0870. The molecule has 1 aromatic rings. The molecule has 2 fully saturated rings. The van der Waals surface area contributed by atoms with E-state index in [0.717, 1.165) is 25.4 Å². The van der Waals surface area contributed by atoms with Gasteiger partial charge in [-0.15, -0.1) is 0 Å². The molecule has 4 N–H and O–H groups in total. The van der Waals surface area contributed by atoms with Crippen LogP contribution in [0.1, 0.15) is 49.0 Å². The number of carbonyl (C=O) groups excluding carboxylic acids is 1. The Kier molecular flexibility index (Phi) is 3.91. The van der Waals surface area contributed by atoms with Gasteiger partial charge in [0.05, 0.1) is 0 Å². The van der Waals surface area contributed by atoms with E-state index in [0.29, 0.717) is 11.5 Å². The van der Waals surface area contributed by atoms with Gasteiger partial charge in [0, 0.05) is 24.7 Å². The minimum atomic E-state index is -0.104. The summed E-state index contributed by atoms with van der Waals surface area (Å²) in [7, 11) is 0. The lowest BCUT2D eigenvalue weighted by Crippen LogP contribution is -2.50. The van der Waals surface area contributed by atoms with Gasteiger partial charge < -0.3 is 11.1 Å². The summed E-state index contributed by atoms with van der Waals surface area (Å²) in [6.07, 6.45) is 7.55. The Morgan fingerprint density at radius 2 is 2.15 bits per heavy atom. The molecular formula is C14H23N5O. The molecule has 0 unspecified atom stereocenters.